The van der Waals surface area contributed by atoms with Gasteiger partial charge in [-0.3, -0.25) is 14.5 Å². The van der Waals surface area contributed by atoms with Crippen LogP contribution in [0.1, 0.15) is 26.0 Å². The Bertz CT molecular complexity index is 467. The zero-order valence-corrected chi connectivity index (χ0v) is 11.0. The first-order chi connectivity index (χ1) is 8.87. The first-order valence-electron chi connectivity index (χ1n) is 6.18. The minimum absolute atomic E-state index is 0.206. The van der Waals surface area contributed by atoms with Crippen molar-refractivity contribution in [3.8, 4) is 0 Å². The minimum Gasteiger partial charge on any atom is -0.481 e. The lowest BCUT2D eigenvalue weighted by molar-refractivity contribution is -0.145. The topological polar surface area (TPSA) is 82.8 Å². The van der Waals surface area contributed by atoms with E-state index in [2.05, 4.69) is 5.32 Å². The van der Waals surface area contributed by atoms with Gasteiger partial charge in [0.05, 0.1) is 19.2 Å². The van der Waals surface area contributed by atoms with E-state index >= 15 is 0 Å². The summed E-state index contributed by atoms with van der Waals surface area (Å²) in [6.45, 7) is 4.84. The van der Waals surface area contributed by atoms with Crippen molar-refractivity contribution in [3.05, 3.63) is 24.2 Å². The summed E-state index contributed by atoms with van der Waals surface area (Å²) in [6, 6.07) is 2.93. The average molecular weight is 266 g/mol. The predicted octanol–water partition coefficient (Wildman–Crippen LogP) is 0.833. The molecule has 19 heavy (non-hydrogen) atoms. The van der Waals surface area contributed by atoms with E-state index in [0.717, 1.165) is 5.76 Å². The fourth-order valence-electron chi connectivity index (χ4n) is 2.40. The van der Waals surface area contributed by atoms with Gasteiger partial charge in [-0.25, -0.2) is 0 Å². The molecule has 6 heteroatoms. The molecule has 0 bridgehead atoms. The summed E-state index contributed by atoms with van der Waals surface area (Å²) in [5.74, 6) is -0.504. The number of carboxylic acids is 1. The molecule has 1 amide bonds. The molecular weight excluding hydrogens is 248 g/mol. The number of hydrogen-bond acceptors (Lipinski definition) is 4. The Morgan fingerprint density at radius 1 is 1.63 bits per heavy atom. The van der Waals surface area contributed by atoms with Gasteiger partial charge >= 0.3 is 5.97 Å². The first-order valence-corrected chi connectivity index (χ1v) is 6.18. The summed E-state index contributed by atoms with van der Waals surface area (Å²) in [6.07, 6.45) is 1.36. The highest BCUT2D eigenvalue weighted by Gasteiger charge is 2.39. The number of nitrogens with zero attached hydrogens (tertiary/aromatic N) is 1. The van der Waals surface area contributed by atoms with Crippen LogP contribution in [0.4, 0.5) is 0 Å². The maximum atomic E-state index is 12.0. The van der Waals surface area contributed by atoms with Crippen LogP contribution in [-0.2, 0) is 16.1 Å². The lowest BCUT2D eigenvalue weighted by Gasteiger charge is -2.42. The summed E-state index contributed by atoms with van der Waals surface area (Å²) in [5.41, 5.74) is -0.376. The van der Waals surface area contributed by atoms with Gasteiger partial charge in [0.1, 0.15) is 11.8 Å². The lowest BCUT2D eigenvalue weighted by Crippen LogP contribution is -2.64. The molecule has 1 aromatic heterocycles. The third-order valence-corrected chi connectivity index (χ3v) is 3.11. The Kier molecular flexibility index (Phi) is 3.61. The van der Waals surface area contributed by atoms with Crippen LogP contribution in [0.15, 0.2) is 22.8 Å². The zero-order valence-electron chi connectivity index (χ0n) is 11.0. The molecule has 0 aliphatic carbocycles. The van der Waals surface area contributed by atoms with Crippen LogP contribution < -0.4 is 5.32 Å². The number of hydrogen-bond donors (Lipinski definition) is 2. The van der Waals surface area contributed by atoms with Crippen LogP contribution in [0.3, 0.4) is 0 Å². The second-order valence-corrected chi connectivity index (χ2v) is 5.47. The van der Waals surface area contributed by atoms with Crippen molar-refractivity contribution in [1.29, 1.82) is 0 Å². The number of amides is 1. The van der Waals surface area contributed by atoms with Gasteiger partial charge in [-0.1, -0.05) is 0 Å². The minimum atomic E-state index is -0.982. The number of piperazine rings is 1. The quantitative estimate of drug-likeness (QED) is 0.843. The molecule has 1 atom stereocenters. The molecule has 0 aromatic carbocycles. The van der Waals surface area contributed by atoms with Crippen molar-refractivity contribution < 1.29 is 19.1 Å². The predicted molar refractivity (Wildman–Crippen MR) is 67.4 cm³/mol. The fraction of sp³-hybridized carbons (Fsp3) is 0.538. The molecule has 2 rings (SSSR count). The standard InChI is InChI=1S/C13H18N2O4/c1-13(2)8-15(7-9-4-3-5-19-9)10(6-11(16)17)12(18)14-13/h3-5,10H,6-8H2,1-2H3,(H,14,18)(H,16,17). The van der Waals surface area contributed by atoms with Gasteiger partial charge in [0, 0.05) is 12.1 Å². The van der Waals surface area contributed by atoms with E-state index in [0.29, 0.717) is 13.1 Å². The van der Waals surface area contributed by atoms with Crippen molar-refractivity contribution >= 4 is 11.9 Å². The van der Waals surface area contributed by atoms with Gasteiger partial charge in [-0.15, -0.1) is 0 Å². The van der Waals surface area contributed by atoms with Crippen molar-refractivity contribution in [3.63, 3.8) is 0 Å². The molecule has 0 radical (unpaired) electrons. The van der Waals surface area contributed by atoms with E-state index in [-0.39, 0.29) is 17.9 Å². The van der Waals surface area contributed by atoms with E-state index < -0.39 is 12.0 Å². The molecule has 2 heterocycles. The summed E-state index contributed by atoms with van der Waals surface area (Å²) in [4.78, 5) is 24.8. The molecule has 2 N–H and O–H groups in total. The van der Waals surface area contributed by atoms with Crippen molar-refractivity contribution in [1.82, 2.24) is 10.2 Å². The first kappa shape index (κ1) is 13.6. The summed E-state index contributed by atoms with van der Waals surface area (Å²) >= 11 is 0. The number of rotatable bonds is 4. The van der Waals surface area contributed by atoms with Gasteiger partial charge < -0.3 is 14.8 Å². The van der Waals surface area contributed by atoms with Crippen molar-refractivity contribution in [2.45, 2.75) is 38.4 Å². The Morgan fingerprint density at radius 2 is 2.37 bits per heavy atom. The highest BCUT2D eigenvalue weighted by Crippen LogP contribution is 2.21. The molecule has 1 unspecified atom stereocenters. The molecule has 1 saturated heterocycles. The third-order valence-electron chi connectivity index (χ3n) is 3.11. The molecule has 1 fully saturated rings. The summed E-state index contributed by atoms with van der Waals surface area (Å²) < 4.78 is 5.27. The summed E-state index contributed by atoms with van der Waals surface area (Å²) in [7, 11) is 0. The normalized spacial score (nSPS) is 23.1. The van der Waals surface area contributed by atoms with Crippen LogP contribution >= 0.6 is 0 Å². The van der Waals surface area contributed by atoms with Crippen LogP contribution in [0.25, 0.3) is 0 Å². The van der Waals surface area contributed by atoms with Crippen LogP contribution in [0.2, 0.25) is 0 Å². The number of carboxylic acid groups (broad SMARTS) is 1. The van der Waals surface area contributed by atoms with E-state index in [1.165, 1.54) is 0 Å². The molecular formula is C13H18N2O4. The lowest BCUT2D eigenvalue weighted by atomic mass is 9.96. The van der Waals surface area contributed by atoms with Crippen molar-refractivity contribution in [2.24, 2.45) is 0 Å². The van der Waals surface area contributed by atoms with Crippen LogP contribution in [0.5, 0.6) is 0 Å². The van der Waals surface area contributed by atoms with Gasteiger partial charge in [-0.05, 0) is 26.0 Å². The Balaban J connectivity index is 2.17. The van der Waals surface area contributed by atoms with E-state index in [1.54, 1.807) is 12.3 Å². The van der Waals surface area contributed by atoms with E-state index in [4.69, 9.17) is 9.52 Å². The smallest absolute Gasteiger partial charge is 0.305 e. The van der Waals surface area contributed by atoms with Crippen LogP contribution in [-0.4, -0.2) is 40.0 Å². The monoisotopic (exact) mass is 266 g/mol. The molecule has 1 aromatic rings. The molecule has 0 spiro atoms. The van der Waals surface area contributed by atoms with E-state index in [1.807, 2.05) is 24.8 Å². The molecule has 0 saturated carbocycles. The number of carbonyl (C=O) groups is 2. The third kappa shape index (κ3) is 3.35. The average Bonchev–Trinajstić information content (AvgIpc) is 2.74. The maximum absolute atomic E-state index is 12.0. The number of furan rings is 1. The number of carbonyl (C=O) groups excluding carboxylic acids is 1. The van der Waals surface area contributed by atoms with Crippen LogP contribution in [0, 0.1) is 0 Å². The van der Waals surface area contributed by atoms with Gasteiger partial charge in [0.15, 0.2) is 0 Å². The second-order valence-electron chi connectivity index (χ2n) is 5.47. The molecule has 1 aliphatic heterocycles. The van der Waals surface area contributed by atoms with E-state index in [9.17, 15) is 9.59 Å². The highest BCUT2D eigenvalue weighted by atomic mass is 16.4. The SMILES string of the molecule is CC1(C)CN(Cc2ccco2)C(CC(=O)O)C(=O)N1. The Labute approximate surface area is 111 Å². The molecule has 6 nitrogen and oxygen atoms in total. The van der Waals surface area contributed by atoms with Gasteiger partial charge in [0.2, 0.25) is 5.91 Å². The fourth-order valence-corrected chi connectivity index (χ4v) is 2.40. The summed E-state index contributed by atoms with van der Waals surface area (Å²) in [5, 5.41) is 11.8. The second kappa shape index (κ2) is 5.05. The number of nitrogens with one attached hydrogen (secondary N) is 1. The van der Waals surface area contributed by atoms with Gasteiger partial charge in [-0.2, -0.15) is 0 Å². The Morgan fingerprint density at radius 3 is 2.95 bits per heavy atom. The van der Waals surface area contributed by atoms with Crippen molar-refractivity contribution in [2.75, 3.05) is 6.54 Å². The Hall–Kier alpha value is -1.82. The van der Waals surface area contributed by atoms with Gasteiger partial charge in [0.25, 0.3) is 0 Å². The largest absolute Gasteiger partial charge is 0.481 e. The number of aliphatic carboxylic acids is 1. The zero-order chi connectivity index (χ0) is 14.0. The molecule has 1 aliphatic rings. The molecule has 104 valence electrons. The maximum Gasteiger partial charge on any atom is 0.305 e. The highest BCUT2D eigenvalue weighted by molar-refractivity contribution is 5.87.